The molecule has 2 aromatic rings. The Morgan fingerprint density at radius 2 is 2.14 bits per heavy atom. The average Bonchev–Trinajstić information content (AvgIpc) is 2.81. The molecule has 0 aliphatic carbocycles. The van der Waals surface area contributed by atoms with E-state index in [2.05, 4.69) is 10.3 Å². The molecule has 8 heteroatoms. The number of benzene rings is 1. The van der Waals surface area contributed by atoms with E-state index in [-0.39, 0.29) is 5.92 Å². The van der Waals surface area contributed by atoms with Crippen molar-refractivity contribution < 1.29 is 9.90 Å². The SMILES string of the molecule is O=C(O)C1CN(Cc2cn(-c3ccc(Cl)cc3Cl)nn2)C1. The lowest BCUT2D eigenvalue weighted by molar-refractivity contribution is -0.147. The van der Waals surface area contributed by atoms with Crippen LogP contribution in [0, 0.1) is 5.92 Å². The second kappa shape index (κ2) is 5.63. The molecule has 1 saturated heterocycles. The maximum absolute atomic E-state index is 10.7. The summed E-state index contributed by atoms with van der Waals surface area (Å²) in [5.74, 6) is -1.02. The molecule has 1 aliphatic heterocycles. The molecule has 110 valence electrons. The van der Waals surface area contributed by atoms with Gasteiger partial charge in [-0.1, -0.05) is 28.4 Å². The largest absolute Gasteiger partial charge is 0.481 e. The lowest BCUT2D eigenvalue weighted by atomic mass is 10.0. The van der Waals surface area contributed by atoms with Crippen LogP contribution in [-0.4, -0.2) is 44.1 Å². The number of hydrogen-bond donors (Lipinski definition) is 1. The number of rotatable bonds is 4. The summed E-state index contributed by atoms with van der Waals surface area (Å²) in [6.45, 7) is 1.67. The predicted octanol–water partition coefficient (Wildman–Crippen LogP) is 2.09. The van der Waals surface area contributed by atoms with Crippen LogP contribution in [0.15, 0.2) is 24.4 Å². The fraction of sp³-hybridized carbons (Fsp3) is 0.308. The molecule has 0 bridgehead atoms. The third-order valence-corrected chi connectivity index (χ3v) is 3.93. The van der Waals surface area contributed by atoms with E-state index in [1.165, 1.54) is 0 Å². The Balaban J connectivity index is 1.68. The molecule has 3 rings (SSSR count). The van der Waals surface area contributed by atoms with E-state index < -0.39 is 5.97 Å². The molecule has 1 aromatic heterocycles. The zero-order valence-electron chi connectivity index (χ0n) is 10.9. The summed E-state index contributed by atoms with van der Waals surface area (Å²) in [7, 11) is 0. The first kappa shape index (κ1) is 14.3. The summed E-state index contributed by atoms with van der Waals surface area (Å²) in [5.41, 5.74) is 1.47. The smallest absolute Gasteiger partial charge is 0.309 e. The molecule has 6 nitrogen and oxygen atoms in total. The number of likely N-dealkylation sites (tertiary alicyclic amines) is 1. The van der Waals surface area contributed by atoms with Gasteiger partial charge in [0.1, 0.15) is 0 Å². The van der Waals surface area contributed by atoms with Crippen molar-refractivity contribution in [3.8, 4) is 5.69 Å². The summed E-state index contributed by atoms with van der Waals surface area (Å²) in [6, 6.07) is 5.15. The number of hydrogen-bond acceptors (Lipinski definition) is 4. The Bertz CT molecular complexity index is 683. The summed E-state index contributed by atoms with van der Waals surface area (Å²) >= 11 is 12.0. The minimum Gasteiger partial charge on any atom is -0.481 e. The van der Waals surface area contributed by atoms with Gasteiger partial charge in [0, 0.05) is 24.7 Å². The second-order valence-electron chi connectivity index (χ2n) is 4.98. The molecule has 1 N–H and O–H groups in total. The number of carbonyl (C=O) groups is 1. The Hall–Kier alpha value is -1.63. The molecule has 0 spiro atoms. The minimum atomic E-state index is -0.747. The van der Waals surface area contributed by atoms with Crippen molar-refractivity contribution in [3.05, 3.63) is 40.1 Å². The molecule has 1 aliphatic rings. The van der Waals surface area contributed by atoms with Gasteiger partial charge in [0.05, 0.1) is 28.5 Å². The van der Waals surface area contributed by atoms with Crippen molar-refractivity contribution in [3.63, 3.8) is 0 Å². The van der Waals surface area contributed by atoms with Crippen LogP contribution < -0.4 is 0 Å². The van der Waals surface area contributed by atoms with Gasteiger partial charge in [0.2, 0.25) is 0 Å². The number of carboxylic acids is 1. The molecule has 0 saturated carbocycles. The molecule has 2 heterocycles. The molecule has 0 radical (unpaired) electrons. The second-order valence-corrected chi connectivity index (χ2v) is 5.82. The Morgan fingerprint density at radius 1 is 1.38 bits per heavy atom. The van der Waals surface area contributed by atoms with Crippen LogP contribution in [0.25, 0.3) is 5.69 Å². The summed E-state index contributed by atoms with van der Waals surface area (Å²) in [6.07, 6.45) is 1.78. The lowest BCUT2D eigenvalue weighted by Gasteiger charge is -2.35. The molecule has 1 fully saturated rings. The number of halogens is 2. The maximum atomic E-state index is 10.7. The van der Waals surface area contributed by atoms with E-state index in [0.29, 0.717) is 35.4 Å². The highest BCUT2D eigenvalue weighted by molar-refractivity contribution is 6.35. The molecule has 1 aromatic carbocycles. The third kappa shape index (κ3) is 3.02. The van der Waals surface area contributed by atoms with Gasteiger partial charge >= 0.3 is 5.97 Å². The highest BCUT2D eigenvalue weighted by Gasteiger charge is 2.32. The van der Waals surface area contributed by atoms with Gasteiger partial charge in [-0.2, -0.15) is 0 Å². The summed E-state index contributed by atoms with van der Waals surface area (Å²) in [5, 5.41) is 18.0. The third-order valence-electron chi connectivity index (χ3n) is 3.39. The summed E-state index contributed by atoms with van der Waals surface area (Å²) < 4.78 is 1.59. The van der Waals surface area contributed by atoms with Crippen molar-refractivity contribution >= 4 is 29.2 Å². The Morgan fingerprint density at radius 3 is 2.81 bits per heavy atom. The van der Waals surface area contributed by atoms with E-state index in [1.807, 2.05) is 4.90 Å². The van der Waals surface area contributed by atoms with E-state index in [4.69, 9.17) is 28.3 Å². The van der Waals surface area contributed by atoms with Gasteiger partial charge in [-0.3, -0.25) is 9.69 Å². The van der Waals surface area contributed by atoms with Crippen molar-refractivity contribution in [1.82, 2.24) is 19.9 Å². The number of nitrogens with zero attached hydrogens (tertiary/aromatic N) is 4. The van der Waals surface area contributed by atoms with Crippen LogP contribution in [0.2, 0.25) is 10.0 Å². The van der Waals surface area contributed by atoms with Crippen LogP contribution in [0.1, 0.15) is 5.69 Å². The fourth-order valence-corrected chi connectivity index (χ4v) is 2.73. The zero-order valence-corrected chi connectivity index (χ0v) is 12.4. The highest BCUT2D eigenvalue weighted by atomic mass is 35.5. The molecule has 21 heavy (non-hydrogen) atoms. The number of aromatic nitrogens is 3. The Labute approximate surface area is 130 Å². The van der Waals surface area contributed by atoms with Crippen LogP contribution in [-0.2, 0) is 11.3 Å². The number of carboxylic acid groups (broad SMARTS) is 1. The van der Waals surface area contributed by atoms with Gasteiger partial charge in [0.15, 0.2) is 0 Å². The topological polar surface area (TPSA) is 71.2 Å². The first-order valence-electron chi connectivity index (χ1n) is 6.35. The standard InChI is InChI=1S/C13H12Cl2N4O2/c14-9-1-2-12(11(15)3-9)19-7-10(16-17-19)6-18-4-8(5-18)13(20)21/h1-3,7-8H,4-6H2,(H,20,21). The molecule has 0 amide bonds. The Kier molecular flexibility index (Phi) is 3.84. The lowest BCUT2D eigenvalue weighted by Crippen LogP contribution is -2.49. The van der Waals surface area contributed by atoms with Gasteiger partial charge in [0.25, 0.3) is 0 Å². The predicted molar refractivity (Wildman–Crippen MR) is 77.8 cm³/mol. The van der Waals surface area contributed by atoms with E-state index in [0.717, 1.165) is 5.69 Å². The van der Waals surface area contributed by atoms with Gasteiger partial charge in [-0.05, 0) is 18.2 Å². The molecular weight excluding hydrogens is 315 g/mol. The van der Waals surface area contributed by atoms with Crippen molar-refractivity contribution in [1.29, 1.82) is 0 Å². The highest BCUT2D eigenvalue weighted by Crippen LogP contribution is 2.24. The van der Waals surface area contributed by atoms with E-state index in [1.54, 1.807) is 29.1 Å². The van der Waals surface area contributed by atoms with Crippen LogP contribution in [0.5, 0.6) is 0 Å². The van der Waals surface area contributed by atoms with Gasteiger partial charge in [-0.15, -0.1) is 5.10 Å². The molecule has 0 unspecified atom stereocenters. The van der Waals surface area contributed by atoms with Crippen LogP contribution in [0.3, 0.4) is 0 Å². The average molecular weight is 327 g/mol. The first-order chi connectivity index (χ1) is 10.0. The minimum absolute atomic E-state index is 0.272. The summed E-state index contributed by atoms with van der Waals surface area (Å²) in [4.78, 5) is 12.8. The molecular formula is C13H12Cl2N4O2. The zero-order chi connectivity index (χ0) is 15.0. The van der Waals surface area contributed by atoms with Crippen molar-refractivity contribution in [2.75, 3.05) is 13.1 Å². The van der Waals surface area contributed by atoms with Gasteiger partial charge < -0.3 is 5.11 Å². The van der Waals surface area contributed by atoms with Crippen LogP contribution >= 0.6 is 23.2 Å². The van der Waals surface area contributed by atoms with Crippen LogP contribution in [0.4, 0.5) is 0 Å². The normalized spacial score (nSPS) is 15.9. The van der Waals surface area contributed by atoms with E-state index in [9.17, 15) is 4.79 Å². The molecule has 0 atom stereocenters. The number of aliphatic carboxylic acids is 1. The monoisotopic (exact) mass is 326 g/mol. The first-order valence-corrected chi connectivity index (χ1v) is 7.10. The quantitative estimate of drug-likeness (QED) is 0.931. The van der Waals surface area contributed by atoms with Gasteiger partial charge in [-0.25, -0.2) is 4.68 Å². The maximum Gasteiger partial charge on any atom is 0.309 e. The van der Waals surface area contributed by atoms with E-state index >= 15 is 0 Å². The fourth-order valence-electron chi connectivity index (χ4n) is 2.24. The van der Waals surface area contributed by atoms with Crippen molar-refractivity contribution in [2.24, 2.45) is 5.92 Å². The van der Waals surface area contributed by atoms with Crippen molar-refractivity contribution in [2.45, 2.75) is 6.54 Å².